The molecule has 148 valence electrons. The van der Waals surface area contributed by atoms with Crippen LogP contribution in [-0.4, -0.2) is 27.6 Å². The van der Waals surface area contributed by atoms with Crippen LogP contribution in [0.4, 0.5) is 0 Å². The van der Waals surface area contributed by atoms with Crippen LogP contribution in [0.1, 0.15) is 36.8 Å². The maximum atomic E-state index is 10.5. The molecule has 0 amide bonds. The van der Waals surface area contributed by atoms with Crippen LogP contribution in [0.2, 0.25) is 0 Å². The molecular weight excluding hydrogens is 374 g/mol. The van der Waals surface area contributed by atoms with E-state index >= 15 is 0 Å². The number of aliphatic carboxylic acids is 1. The number of thioether (sulfide) groups is 1. The lowest BCUT2D eigenvalue weighted by Crippen LogP contribution is -1.97. The first kappa shape index (κ1) is 21.6. The zero-order valence-corrected chi connectivity index (χ0v) is 17.2. The summed E-state index contributed by atoms with van der Waals surface area (Å²) in [6, 6.07) is 13.6. The number of hydrogen-bond donors (Lipinski definition) is 1. The average Bonchev–Trinajstić information content (AvgIpc) is 3.30. The Labute approximate surface area is 169 Å². The summed E-state index contributed by atoms with van der Waals surface area (Å²) in [5.74, 6) is 2.86. The fourth-order valence-corrected chi connectivity index (χ4v) is 2.94. The van der Waals surface area contributed by atoms with Gasteiger partial charge in [-0.2, -0.15) is 0 Å². The van der Waals surface area contributed by atoms with Crippen LogP contribution in [0.15, 0.2) is 57.4 Å². The Morgan fingerprint density at radius 1 is 1.14 bits per heavy atom. The maximum Gasteiger partial charge on any atom is 0.313 e. The molecule has 3 aromatic rings. The number of hydrogen-bond acceptors (Lipinski definition) is 5. The van der Waals surface area contributed by atoms with E-state index in [1.54, 1.807) is 0 Å². The van der Waals surface area contributed by atoms with Gasteiger partial charge in [-0.15, -0.1) is 11.8 Å². The molecule has 0 saturated heterocycles. The zero-order valence-electron chi connectivity index (χ0n) is 16.3. The molecule has 0 aliphatic heterocycles. The number of aromatic nitrogens is 1. The van der Waals surface area contributed by atoms with Crippen molar-refractivity contribution in [2.24, 2.45) is 0 Å². The van der Waals surface area contributed by atoms with Crippen molar-refractivity contribution < 1.29 is 18.7 Å². The smallest absolute Gasteiger partial charge is 0.313 e. The van der Waals surface area contributed by atoms with Crippen molar-refractivity contribution in [1.29, 1.82) is 0 Å². The molecule has 0 aliphatic carbocycles. The summed E-state index contributed by atoms with van der Waals surface area (Å²) in [5, 5.41) is 8.59. The normalized spacial score (nSPS) is 10.7. The quantitative estimate of drug-likeness (QED) is 0.490. The lowest BCUT2D eigenvalue weighted by Gasteiger charge is -1.94. The van der Waals surface area contributed by atoms with Crippen LogP contribution >= 0.6 is 11.8 Å². The van der Waals surface area contributed by atoms with Gasteiger partial charge in [0.05, 0.1) is 17.9 Å². The molecule has 0 fully saturated rings. The van der Waals surface area contributed by atoms with Crippen LogP contribution < -0.4 is 0 Å². The fraction of sp³-hybridized carbons (Fsp3) is 0.273. The van der Waals surface area contributed by atoms with Crippen molar-refractivity contribution >= 4 is 23.8 Å². The van der Waals surface area contributed by atoms with E-state index in [4.69, 9.17) is 13.9 Å². The van der Waals surface area contributed by atoms with Gasteiger partial charge in [0.15, 0.2) is 0 Å². The van der Waals surface area contributed by atoms with Gasteiger partial charge in [0.25, 0.3) is 0 Å². The Kier molecular flexibility index (Phi) is 8.62. The van der Waals surface area contributed by atoms with E-state index in [1.807, 2.05) is 75.4 Å². The van der Waals surface area contributed by atoms with Gasteiger partial charge in [0, 0.05) is 11.3 Å². The van der Waals surface area contributed by atoms with Crippen molar-refractivity contribution in [2.75, 3.05) is 11.5 Å². The highest BCUT2D eigenvalue weighted by atomic mass is 32.2. The second-order valence-electron chi connectivity index (χ2n) is 5.68. The van der Waals surface area contributed by atoms with Gasteiger partial charge in [-0.25, -0.2) is 4.98 Å². The number of rotatable bonds is 8. The van der Waals surface area contributed by atoms with Gasteiger partial charge in [0.1, 0.15) is 17.3 Å². The van der Waals surface area contributed by atoms with E-state index in [1.165, 1.54) is 11.8 Å². The lowest BCUT2D eigenvalue weighted by molar-refractivity contribution is -0.133. The number of carbonyl (C=O) groups is 1. The molecular formula is C22H25NO4S. The van der Waals surface area contributed by atoms with E-state index in [-0.39, 0.29) is 5.75 Å². The molecule has 2 aromatic heterocycles. The molecule has 1 N–H and O–H groups in total. The minimum absolute atomic E-state index is 0.100. The SMILES string of the molecule is CC.Cc1oc(-c2ccccc2)nc1Cc1ccc(/C=C/CSCC(=O)O)o1. The highest BCUT2D eigenvalue weighted by molar-refractivity contribution is 8.00. The predicted molar refractivity (Wildman–Crippen MR) is 114 cm³/mol. The molecule has 5 nitrogen and oxygen atoms in total. The first-order valence-corrected chi connectivity index (χ1v) is 10.3. The molecule has 0 spiro atoms. The van der Waals surface area contributed by atoms with E-state index in [9.17, 15) is 4.79 Å². The van der Waals surface area contributed by atoms with Crippen LogP contribution in [0.25, 0.3) is 17.5 Å². The van der Waals surface area contributed by atoms with Gasteiger partial charge in [-0.3, -0.25) is 4.79 Å². The Bertz CT molecular complexity index is 896. The Hall–Kier alpha value is -2.73. The molecule has 0 bridgehead atoms. The van der Waals surface area contributed by atoms with Crippen molar-refractivity contribution in [3.05, 3.63) is 71.5 Å². The summed E-state index contributed by atoms with van der Waals surface area (Å²) in [4.78, 5) is 15.0. The molecule has 0 radical (unpaired) electrons. The van der Waals surface area contributed by atoms with Gasteiger partial charge in [-0.1, -0.05) is 38.1 Å². The average molecular weight is 400 g/mol. The summed E-state index contributed by atoms with van der Waals surface area (Å²) >= 11 is 1.34. The Balaban J connectivity index is 0.00000136. The molecule has 0 aliphatic rings. The molecule has 2 heterocycles. The zero-order chi connectivity index (χ0) is 20.4. The Morgan fingerprint density at radius 2 is 1.89 bits per heavy atom. The first-order chi connectivity index (χ1) is 13.6. The van der Waals surface area contributed by atoms with E-state index in [0.29, 0.717) is 18.1 Å². The van der Waals surface area contributed by atoms with Gasteiger partial charge in [0.2, 0.25) is 5.89 Å². The lowest BCUT2D eigenvalue weighted by atomic mass is 10.2. The number of benzene rings is 1. The third-order valence-electron chi connectivity index (χ3n) is 3.66. The summed E-state index contributed by atoms with van der Waals surface area (Å²) in [7, 11) is 0. The highest BCUT2D eigenvalue weighted by Crippen LogP contribution is 2.23. The molecule has 0 atom stereocenters. The third kappa shape index (κ3) is 6.46. The number of nitrogens with zero attached hydrogens (tertiary/aromatic N) is 1. The number of oxazole rings is 1. The summed E-state index contributed by atoms with van der Waals surface area (Å²) in [5.41, 5.74) is 1.80. The van der Waals surface area contributed by atoms with E-state index in [2.05, 4.69) is 4.98 Å². The van der Waals surface area contributed by atoms with Crippen LogP contribution in [0.5, 0.6) is 0 Å². The first-order valence-electron chi connectivity index (χ1n) is 9.18. The molecule has 0 saturated carbocycles. The van der Waals surface area contributed by atoms with Gasteiger partial charge >= 0.3 is 5.97 Å². The fourth-order valence-electron chi connectivity index (χ4n) is 2.42. The van der Waals surface area contributed by atoms with E-state index in [0.717, 1.165) is 28.5 Å². The number of carboxylic acid groups (broad SMARTS) is 1. The molecule has 3 rings (SSSR count). The van der Waals surface area contributed by atoms with Crippen molar-refractivity contribution in [3.63, 3.8) is 0 Å². The Morgan fingerprint density at radius 3 is 2.61 bits per heavy atom. The largest absolute Gasteiger partial charge is 0.481 e. The van der Waals surface area contributed by atoms with Crippen molar-refractivity contribution in [1.82, 2.24) is 4.98 Å². The summed E-state index contributed by atoms with van der Waals surface area (Å²) < 4.78 is 11.6. The number of aryl methyl sites for hydroxylation is 1. The standard InChI is InChI=1S/C20H19NO4S.C2H6/c1-14-18(21-20(24-14)15-6-3-2-4-7-15)12-17-10-9-16(25-17)8-5-11-26-13-19(22)23;1-2/h2-10H,11-13H2,1H3,(H,22,23);1-2H3/b8-5+;. The van der Waals surface area contributed by atoms with Gasteiger partial charge < -0.3 is 13.9 Å². The second kappa shape index (κ2) is 11.2. The highest BCUT2D eigenvalue weighted by Gasteiger charge is 2.13. The predicted octanol–water partition coefficient (Wildman–Crippen LogP) is 5.69. The second-order valence-corrected chi connectivity index (χ2v) is 6.71. The van der Waals surface area contributed by atoms with E-state index < -0.39 is 5.97 Å². The maximum absolute atomic E-state index is 10.5. The van der Waals surface area contributed by atoms with Crippen LogP contribution in [-0.2, 0) is 11.2 Å². The van der Waals surface area contributed by atoms with Crippen molar-refractivity contribution in [3.8, 4) is 11.5 Å². The minimum atomic E-state index is -0.804. The molecule has 0 unspecified atom stereocenters. The number of carboxylic acids is 1. The topological polar surface area (TPSA) is 76.5 Å². The summed E-state index contributed by atoms with van der Waals surface area (Å²) in [6.07, 6.45) is 4.30. The van der Waals surface area contributed by atoms with Crippen LogP contribution in [0, 0.1) is 6.92 Å². The summed E-state index contributed by atoms with van der Waals surface area (Å²) in [6.45, 7) is 5.90. The molecule has 1 aromatic carbocycles. The molecule has 6 heteroatoms. The van der Waals surface area contributed by atoms with Gasteiger partial charge in [-0.05, 0) is 37.3 Å². The third-order valence-corrected chi connectivity index (χ3v) is 4.54. The monoisotopic (exact) mass is 399 g/mol. The number of furan rings is 1. The van der Waals surface area contributed by atoms with Crippen LogP contribution in [0.3, 0.4) is 0 Å². The van der Waals surface area contributed by atoms with Crippen molar-refractivity contribution in [2.45, 2.75) is 27.2 Å². The molecule has 28 heavy (non-hydrogen) atoms. The minimum Gasteiger partial charge on any atom is -0.481 e.